The molecule has 1 aromatic heterocycles. The highest BCUT2D eigenvalue weighted by molar-refractivity contribution is 5.96. The molecule has 7 nitrogen and oxygen atoms in total. The van der Waals surface area contributed by atoms with Gasteiger partial charge in [0.05, 0.1) is 25.0 Å². The number of hydrogen-bond acceptors (Lipinski definition) is 6. The largest absolute Gasteiger partial charge is 0.495 e. The molecule has 7 heteroatoms. The number of likely N-dealkylation sites (tertiary alicyclic amines) is 1. The average Bonchev–Trinajstić information content (AvgIpc) is 2.79. The quantitative estimate of drug-likeness (QED) is 0.579. The molecule has 3 aromatic rings. The summed E-state index contributed by atoms with van der Waals surface area (Å²) < 4.78 is 10.8. The fraction of sp³-hybridized carbons (Fsp3) is 0.360. The topological polar surface area (TPSA) is 75.0 Å². The lowest BCUT2D eigenvalue weighted by molar-refractivity contribution is -0.118. The van der Waals surface area contributed by atoms with Crippen molar-refractivity contribution in [1.82, 2.24) is 4.90 Å². The molecule has 2 heterocycles. The predicted molar refractivity (Wildman–Crippen MR) is 127 cm³/mol. The van der Waals surface area contributed by atoms with Gasteiger partial charge in [0.25, 0.3) is 0 Å². The zero-order chi connectivity index (χ0) is 22.7. The SMILES string of the molecule is COc1ccc(N(C)c2cc(=O)oc3ccccc23)cc1NC(=O)CN1CCCCC1C. The summed E-state index contributed by atoms with van der Waals surface area (Å²) in [5.74, 6) is 0.516. The first-order valence-corrected chi connectivity index (χ1v) is 10.9. The molecule has 0 bridgehead atoms. The summed E-state index contributed by atoms with van der Waals surface area (Å²) in [6.07, 6.45) is 3.46. The van der Waals surface area contributed by atoms with E-state index in [0.717, 1.165) is 36.1 Å². The number of carbonyl (C=O) groups excluding carboxylic acids is 1. The summed E-state index contributed by atoms with van der Waals surface area (Å²) in [6.45, 7) is 3.47. The predicted octanol–water partition coefficient (Wildman–Crippen LogP) is 4.38. The van der Waals surface area contributed by atoms with E-state index in [-0.39, 0.29) is 5.91 Å². The summed E-state index contributed by atoms with van der Waals surface area (Å²) in [7, 11) is 3.46. The number of methoxy groups -OCH3 is 1. The lowest BCUT2D eigenvalue weighted by Gasteiger charge is -2.32. The smallest absolute Gasteiger partial charge is 0.338 e. The first kappa shape index (κ1) is 21.9. The molecule has 1 amide bonds. The van der Waals surface area contributed by atoms with Crippen molar-refractivity contribution in [3.8, 4) is 5.75 Å². The van der Waals surface area contributed by atoms with Gasteiger partial charge in [0.15, 0.2) is 0 Å². The van der Waals surface area contributed by atoms with E-state index < -0.39 is 5.63 Å². The first-order valence-electron chi connectivity index (χ1n) is 10.9. The van der Waals surface area contributed by atoms with Crippen LogP contribution >= 0.6 is 0 Å². The molecule has 2 aromatic carbocycles. The lowest BCUT2D eigenvalue weighted by atomic mass is 10.0. The second-order valence-electron chi connectivity index (χ2n) is 8.25. The van der Waals surface area contributed by atoms with E-state index in [0.29, 0.717) is 29.6 Å². The van der Waals surface area contributed by atoms with Crippen molar-refractivity contribution in [3.63, 3.8) is 0 Å². The number of nitrogens with zero attached hydrogens (tertiary/aromatic N) is 2. The van der Waals surface area contributed by atoms with Gasteiger partial charge in [-0.25, -0.2) is 4.79 Å². The maximum absolute atomic E-state index is 12.8. The molecule has 1 aliphatic rings. The van der Waals surface area contributed by atoms with Crippen LogP contribution in [0.25, 0.3) is 11.0 Å². The molecular formula is C25H29N3O4. The van der Waals surface area contributed by atoms with Crippen LogP contribution in [0.3, 0.4) is 0 Å². The number of hydrogen-bond donors (Lipinski definition) is 1. The maximum Gasteiger partial charge on any atom is 0.338 e. The van der Waals surface area contributed by atoms with Gasteiger partial charge in [-0.05, 0) is 56.6 Å². The minimum absolute atomic E-state index is 0.0670. The number of fused-ring (bicyclic) bond motifs is 1. The number of amides is 1. The van der Waals surface area contributed by atoms with Crippen molar-refractivity contribution >= 4 is 33.9 Å². The van der Waals surface area contributed by atoms with Crippen LogP contribution in [0.2, 0.25) is 0 Å². The fourth-order valence-electron chi connectivity index (χ4n) is 4.28. The average molecular weight is 436 g/mol. The third kappa shape index (κ3) is 4.62. The summed E-state index contributed by atoms with van der Waals surface area (Å²) in [4.78, 5) is 29.0. The maximum atomic E-state index is 12.8. The Balaban J connectivity index is 1.61. The van der Waals surface area contributed by atoms with E-state index in [2.05, 4.69) is 17.1 Å². The van der Waals surface area contributed by atoms with Crippen molar-refractivity contribution in [1.29, 1.82) is 0 Å². The Kier molecular flexibility index (Phi) is 6.46. The van der Waals surface area contributed by atoms with Crippen LogP contribution in [0.4, 0.5) is 17.1 Å². The Bertz CT molecular complexity index is 1170. The Hall–Kier alpha value is -3.32. The number of rotatable bonds is 6. The highest BCUT2D eigenvalue weighted by atomic mass is 16.5. The second-order valence-corrected chi connectivity index (χ2v) is 8.25. The third-order valence-electron chi connectivity index (χ3n) is 6.12. The molecule has 4 rings (SSSR count). The molecule has 1 aliphatic heterocycles. The first-order chi connectivity index (χ1) is 15.5. The molecular weight excluding hydrogens is 406 g/mol. The van der Waals surface area contributed by atoms with Crippen molar-refractivity contribution in [3.05, 3.63) is 59.0 Å². The normalized spacial score (nSPS) is 16.7. The third-order valence-corrected chi connectivity index (χ3v) is 6.12. The summed E-state index contributed by atoms with van der Waals surface area (Å²) in [5.41, 5.74) is 2.24. The van der Waals surface area contributed by atoms with Crippen molar-refractivity contribution < 1.29 is 13.9 Å². The number of nitrogens with one attached hydrogen (secondary N) is 1. The van der Waals surface area contributed by atoms with E-state index in [9.17, 15) is 9.59 Å². The minimum atomic E-state index is -0.414. The molecule has 1 unspecified atom stereocenters. The lowest BCUT2D eigenvalue weighted by Crippen LogP contribution is -2.42. The van der Waals surface area contributed by atoms with Crippen LogP contribution in [0.5, 0.6) is 5.75 Å². The number of para-hydroxylation sites is 1. The van der Waals surface area contributed by atoms with Gasteiger partial charge >= 0.3 is 5.63 Å². The second kappa shape index (κ2) is 9.44. The van der Waals surface area contributed by atoms with Gasteiger partial charge in [-0.3, -0.25) is 9.69 Å². The number of piperidine rings is 1. The van der Waals surface area contributed by atoms with Crippen LogP contribution in [0, 0.1) is 0 Å². The van der Waals surface area contributed by atoms with Crippen LogP contribution < -0.4 is 20.6 Å². The van der Waals surface area contributed by atoms with Gasteiger partial charge in [-0.1, -0.05) is 18.6 Å². The summed E-state index contributed by atoms with van der Waals surface area (Å²) in [6, 6.07) is 14.9. The Labute approximate surface area is 187 Å². The number of carbonyl (C=O) groups is 1. The van der Waals surface area contributed by atoms with E-state index in [1.165, 1.54) is 12.5 Å². The molecule has 0 spiro atoms. The molecule has 1 atom stereocenters. The molecule has 0 saturated carbocycles. The Morgan fingerprint density at radius 1 is 1.22 bits per heavy atom. The minimum Gasteiger partial charge on any atom is -0.495 e. The summed E-state index contributed by atoms with van der Waals surface area (Å²) in [5, 5.41) is 3.84. The van der Waals surface area contributed by atoms with Crippen LogP contribution in [0.15, 0.2) is 57.7 Å². The van der Waals surface area contributed by atoms with Crippen LogP contribution in [-0.4, -0.2) is 44.1 Å². The molecule has 32 heavy (non-hydrogen) atoms. The summed E-state index contributed by atoms with van der Waals surface area (Å²) >= 11 is 0. The van der Waals surface area contributed by atoms with Crippen LogP contribution in [0.1, 0.15) is 26.2 Å². The molecule has 1 N–H and O–H groups in total. The monoisotopic (exact) mass is 435 g/mol. The van der Waals surface area contributed by atoms with Crippen molar-refractivity contribution in [2.75, 3.05) is 37.5 Å². The van der Waals surface area contributed by atoms with Gasteiger partial charge in [-0.15, -0.1) is 0 Å². The zero-order valence-corrected chi connectivity index (χ0v) is 18.8. The highest BCUT2D eigenvalue weighted by Gasteiger charge is 2.21. The molecule has 1 saturated heterocycles. The molecule has 0 radical (unpaired) electrons. The number of anilines is 3. The van der Waals surface area contributed by atoms with Crippen molar-refractivity contribution in [2.24, 2.45) is 0 Å². The molecule has 0 aliphatic carbocycles. The van der Waals surface area contributed by atoms with E-state index >= 15 is 0 Å². The van der Waals surface area contributed by atoms with E-state index in [1.54, 1.807) is 13.2 Å². The fourth-order valence-corrected chi connectivity index (χ4v) is 4.28. The van der Waals surface area contributed by atoms with Crippen LogP contribution in [-0.2, 0) is 4.79 Å². The standard InChI is InChI=1S/C25H29N3O4/c1-17-8-6-7-13-28(17)16-24(29)26-20-14-18(11-12-23(20)31-3)27(2)21-15-25(30)32-22-10-5-4-9-19(21)22/h4-5,9-12,14-15,17H,6-8,13,16H2,1-3H3,(H,26,29). The van der Waals surface area contributed by atoms with Gasteiger partial charge in [0.2, 0.25) is 5.91 Å². The van der Waals surface area contributed by atoms with E-state index in [4.69, 9.17) is 9.15 Å². The number of ether oxygens (including phenoxy) is 1. The molecule has 168 valence electrons. The van der Waals surface area contributed by atoms with Gasteiger partial charge < -0.3 is 19.4 Å². The number of benzene rings is 2. The van der Waals surface area contributed by atoms with Gasteiger partial charge in [0, 0.05) is 30.2 Å². The Morgan fingerprint density at radius 3 is 2.81 bits per heavy atom. The van der Waals surface area contributed by atoms with Crippen molar-refractivity contribution in [2.45, 2.75) is 32.2 Å². The highest BCUT2D eigenvalue weighted by Crippen LogP contribution is 2.34. The molecule has 1 fully saturated rings. The van der Waals surface area contributed by atoms with Gasteiger partial charge in [0.1, 0.15) is 11.3 Å². The Morgan fingerprint density at radius 2 is 2.03 bits per heavy atom. The van der Waals surface area contributed by atoms with E-state index in [1.807, 2.05) is 48.3 Å². The zero-order valence-electron chi connectivity index (χ0n) is 18.8. The van der Waals surface area contributed by atoms with Gasteiger partial charge in [-0.2, -0.15) is 0 Å².